The van der Waals surface area contributed by atoms with E-state index in [2.05, 4.69) is 19.9 Å². The van der Waals surface area contributed by atoms with Gasteiger partial charge in [0.15, 0.2) is 35.4 Å². The van der Waals surface area contributed by atoms with Gasteiger partial charge in [0.2, 0.25) is 5.95 Å². The number of rotatable bonds is 8. The van der Waals surface area contributed by atoms with Crippen LogP contribution in [0.1, 0.15) is 46.2 Å². The Balaban J connectivity index is 1.80. The number of carbonyl (C=O) groups is 3. The second-order valence-corrected chi connectivity index (χ2v) is 8.21. The van der Waals surface area contributed by atoms with E-state index in [-0.39, 0.29) is 12.6 Å². The number of carbonyl (C=O) groups excluding carboxylic acids is 3. The fourth-order valence-electron chi connectivity index (χ4n) is 4.12. The molecule has 14 nitrogen and oxygen atoms in total. The van der Waals surface area contributed by atoms with Crippen LogP contribution in [0.25, 0.3) is 17.0 Å². The van der Waals surface area contributed by atoms with Crippen molar-refractivity contribution in [3.8, 4) is 5.82 Å². The van der Waals surface area contributed by atoms with Gasteiger partial charge in [-0.05, 0) is 6.42 Å². The normalized spacial score (nSPS) is 21.4. The lowest BCUT2D eigenvalue weighted by Crippen LogP contribution is -2.40. The largest absolute Gasteiger partial charge is 0.463 e. The van der Waals surface area contributed by atoms with Crippen molar-refractivity contribution < 1.29 is 33.3 Å². The van der Waals surface area contributed by atoms with E-state index in [9.17, 15) is 14.4 Å². The Hall–Kier alpha value is -4.07. The molecule has 0 spiro atoms. The number of aromatic nitrogens is 6. The van der Waals surface area contributed by atoms with Crippen LogP contribution < -0.4 is 5.73 Å². The lowest BCUT2D eigenvalue weighted by Gasteiger charge is -2.23. The molecular formula is C22H27N7O7. The molecule has 4 rings (SSSR count). The molecule has 1 saturated heterocycles. The molecule has 1 fully saturated rings. The number of ether oxygens (including phenoxy) is 4. The molecule has 3 aromatic rings. The monoisotopic (exact) mass is 501 g/mol. The molecule has 0 radical (unpaired) electrons. The molecule has 0 aromatic carbocycles. The summed E-state index contributed by atoms with van der Waals surface area (Å²) in [7, 11) is 0. The topological polar surface area (TPSA) is 176 Å². The molecule has 36 heavy (non-hydrogen) atoms. The first-order chi connectivity index (χ1) is 17.2. The summed E-state index contributed by atoms with van der Waals surface area (Å²) < 4.78 is 25.4. The maximum Gasteiger partial charge on any atom is 0.303 e. The van der Waals surface area contributed by atoms with Gasteiger partial charge >= 0.3 is 17.9 Å². The number of nitrogens with zero attached hydrogens (tertiary/aromatic N) is 6. The van der Waals surface area contributed by atoms with Crippen LogP contribution >= 0.6 is 0 Å². The standard InChI is InChI=1S/C22H27N7O7/c1-5-6-15-24-7-8-28(15)19-16-20(27-22(23)26-19)29(10-25-16)21-18(35-13(4)32)17(34-12(3)31)14(36-21)9-33-11(2)30/h7-8,10,14,17-18,21H,5-6,9H2,1-4H3,(H2,23,26,27)/t14-,17-,18-,21-/m1/s1. The van der Waals surface area contributed by atoms with Crippen molar-refractivity contribution in [3.05, 3.63) is 24.5 Å². The van der Waals surface area contributed by atoms with Crippen LogP contribution in [-0.2, 0) is 39.8 Å². The van der Waals surface area contributed by atoms with Crippen LogP contribution in [0.2, 0.25) is 0 Å². The Morgan fingerprint density at radius 1 is 1.06 bits per heavy atom. The molecule has 1 aliphatic heterocycles. The second-order valence-electron chi connectivity index (χ2n) is 8.21. The van der Waals surface area contributed by atoms with E-state index >= 15 is 0 Å². The van der Waals surface area contributed by atoms with Crippen molar-refractivity contribution in [2.24, 2.45) is 0 Å². The maximum absolute atomic E-state index is 12.0. The predicted molar refractivity (Wildman–Crippen MR) is 123 cm³/mol. The Labute approximate surface area is 205 Å². The van der Waals surface area contributed by atoms with Gasteiger partial charge in [-0.25, -0.2) is 9.97 Å². The van der Waals surface area contributed by atoms with Gasteiger partial charge in [0.25, 0.3) is 0 Å². The second kappa shape index (κ2) is 10.3. The lowest BCUT2D eigenvalue weighted by atomic mass is 10.1. The molecule has 3 aromatic heterocycles. The minimum atomic E-state index is -1.09. The van der Waals surface area contributed by atoms with E-state index < -0.39 is 42.4 Å². The molecule has 2 N–H and O–H groups in total. The zero-order valence-corrected chi connectivity index (χ0v) is 20.3. The van der Waals surface area contributed by atoms with E-state index in [4.69, 9.17) is 24.7 Å². The van der Waals surface area contributed by atoms with Crippen molar-refractivity contribution in [2.75, 3.05) is 12.3 Å². The number of imidazole rings is 2. The van der Waals surface area contributed by atoms with Crippen LogP contribution in [0.5, 0.6) is 0 Å². The summed E-state index contributed by atoms with van der Waals surface area (Å²) >= 11 is 0. The number of esters is 3. The SMILES string of the molecule is CCCc1nccn1-c1nc(N)nc2c1ncn2[C@@H]1O[C@H](COC(C)=O)[C@@H](OC(C)=O)[C@H]1OC(C)=O. The zero-order valence-electron chi connectivity index (χ0n) is 20.3. The van der Waals surface area contributed by atoms with Crippen LogP contribution in [-0.4, -0.2) is 71.9 Å². The Bertz CT molecular complexity index is 1290. The highest BCUT2D eigenvalue weighted by atomic mass is 16.7. The van der Waals surface area contributed by atoms with E-state index in [1.807, 2.05) is 6.92 Å². The van der Waals surface area contributed by atoms with E-state index in [1.165, 1.54) is 31.7 Å². The van der Waals surface area contributed by atoms with Gasteiger partial charge in [-0.3, -0.25) is 23.5 Å². The van der Waals surface area contributed by atoms with Gasteiger partial charge in [-0.15, -0.1) is 0 Å². The van der Waals surface area contributed by atoms with Crippen molar-refractivity contribution >= 4 is 35.0 Å². The first-order valence-corrected chi connectivity index (χ1v) is 11.4. The fraction of sp³-hybridized carbons (Fsp3) is 0.500. The summed E-state index contributed by atoms with van der Waals surface area (Å²) in [6.07, 6.45) is 2.34. The quantitative estimate of drug-likeness (QED) is 0.341. The predicted octanol–water partition coefficient (Wildman–Crippen LogP) is 0.871. The first-order valence-electron chi connectivity index (χ1n) is 11.4. The smallest absolute Gasteiger partial charge is 0.303 e. The van der Waals surface area contributed by atoms with Gasteiger partial charge in [-0.1, -0.05) is 6.92 Å². The Morgan fingerprint density at radius 3 is 2.44 bits per heavy atom. The number of nitrogen functional groups attached to an aromatic ring is 1. The highest BCUT2D eigenvalue weighted by molar-refractivity contribution is 5.80. The fourth-order valence-corrected chi connectivity index (χ4v) is 4.12. The highest BCUT2D eigenvalue weighted by Gasteiger charge is 2.51. The number of fused-ring (bicyclic) bond motifs is 1. The molecule has 0 saturated carbocycles. The number of aryl methyl sites for hydroxylation is 1. The van der Waals surface area contributed by atoms with E-state index in [0.29, 0.717) is 23.4 Å². The average molecular weight is 502 g/mol. The van der Waals surface area contributed by atoms with Crippen molar-refractivity contribution in [1.82, 2.24) is 29.1 Å². The molecule has 0 aliphatic carbocycles. The Kier molecular flexibility index (Phi) is 7.15. The van der Waals surface area contributed by atoms with Crippen LogP contribution in [0.4, 0.5) is 5.95 Å². The van der Waals surface area contributed by atoms with Crippen LogP contribution in [0.15, 0.2) is 18.7 Å². The molecule has 192 valence electrons. The van der Waals surface area contributed by atoms with Crippen molar-refractivity contribution in [3.63, 3.8) is 0 Å². The molecule has 4 heterocycles. The summed E-state index contributed by atoms with van der Waals surface area (Å²) in [5.41, 5.74) is 6.75. The maximum atomic E-state index is 12.0. The molecule has 0 amide bonds. The molecule has 0 bridgehead atoms. The molecule has 4 atom stereocenters. The third kappa shape index (κ3) is 4.98. The summed E-state index contributed by atoms with van der Waals surface area (Å²) in [6, 6.07) is 0. The minimum absolute atomic E-state index is 0.0227. The van der Waals surface area contributed by atoms with Crippen molar-refractivity contribution in [1.29, 1.82) is 0 Å². The van der Waals surface area contributed by atoms with Gasteiger partial charge in [-0.2, -0.15) is 9.97 Å². The summed E-state index contributed by atoms with van der Waals surface area (Å²) in [6.45, 7) is 5.49. The van der Waals surface area contributed by atoms with E-state index in [0.717, 1.165) is 12.2 Å². The number of anilines is 1. The molecule has 0 unspecified atom stereocenters. The summed E-state index contributed by atoms with van der Waals surface area (Å²) in [5, 5.41) is 0. The van der Waals surface area contributed by atoms with Crippen molar-refractivity contribution in [2.45, 2.75) is 65.1 Å². The Morgan fingerprint density at radius 2 is 1.78 bits per heavy atom. The third-order valence-electron chi connectivity index (χ3n) is 5.45. The lowest BCUT2D eigenvalue weighted by molar-refractivity contribution is -0.166. The van der Waals surface area contributed by atoms with Gasteiger partial charge in [0, 0.05) is 39.6 Å². The highest BCUT2D eigenvalue weighted by Crippen LogP contribution is 2.36. The average Bonchev–Trinajstić information content (AvgIpc) is 3.50. The minimum Gasteiger partial charge on any atom is -0.463 e. The number of hydrogen-bond donors (Lipinski definition) is 1. The molecule has 14 heteroatoms. The van der Waals surface area contributed by atoms with Crippen LogP contribution in [0.3, 0.4) is 0 Å². The number of nitrogens with two attached hydrogens (primary N) is 1. The molecular weight excluding hydrogens is 474 g/mol. The van der Waals surface area contributed by atoms with Gasteiger partial charge < -0.3 is 24.7 Å². The number of hydrogen-bond acceptors (Lipinski definition) is 12. The summed E-state index contributed by atoms with van der Waals surface area (Å²) in [5.74, 6) is -0.618. The van der Waals surface area contributed by atoms with Gasteiger partial charge in [0.05, 0.1) is 6.33 Å². The first kappa shape index (κ1) is 25.0. The summed E-state index contributed by atoms with van der Waals surface area (Å²) in [4.78, 5) is 52.8. The zero-order chi connectivity index (χ0) is 26.0. The van der Waals surface area contributed by atoms with E-state index in [1.54, 1.807) is 17.0 Å². The van der Waals surface area contributed by atoms with Crippen LogP contribution in [0, 0.1) is 0 Å². The van der Waals surface area contributed by atoms with Gasteiger partial charge in [0.1, 0.15) is 18.5 Å². The molecule has 1 aliphatic rings. The third-order valence-corrected chi connectivity index (χ3v) is 5.45.